The Hall–Kier alpha value is -2.17. The molecular formula is C10H10N4O. The van der Waals surface area contributed by atoms with Crippen molar-refractivity contribution in [2.75, 3.05) is 12.8 Å². The number of nitrogens with zero attached hydrogens (tertiary/aromatic N) is 3. The van der Waals surface area contributed by atoms with Gasteiger partial charge >= 0.3 is 6.01 Å². The second-order valence-corrected chi connectivity index (χ2v) is 2.93. The van der Waals surface area contributed by atoms with Crippen molar-refractivity contribution in [2.24, 2.45) is 0 Å². The van der Waals surface area contributed by atoms with Crippen LogP contribution in [0.25, 0.3) is 11.1 Å². The van der Waals surface area contributed by atoms with Gasteiger partial charge in [0.15, 0.2) is 0 Å². The summed E-state index contributed by atoms with van der Waals surface area (Å²) in [6.45, 7) is 0. The van der Waals surface area contributed by atoms with Gasteiger partial charge in [-0.05, 0) is 17.7 Å². The van der Waals surface area contributed by atoms with Gasteiger partial charge in [-0.15, -0.1) is 0 Å². The Labute approximate surface area is 87.0 Å². The summed E-state index contributed by atoms with van der Waals surface area (Å²) in [5, 5.41) is 0. The van der Waals surface area contributed by atoms with Gasteiger partial charge in [-0.25, -0.2) is 15.0 Å². The van der Waals surface area contributed by atoms with Gasteiger partial charge in [-0.1, -0.05) is 0 Å². The van der Waals surface area contributed by atoms with E-state index in [4.69, 9.17) is 10.5 Å². The van der Waals surface area contributed by atoms with E-state index in [1.54, 1.807) is 24.7 Å². The Morgan fingerprint density at radius 3 is 2.47 bits per heavy atom. The number of hydrogen-bond donors (Lipinski definition) is 1. The van der Waals surface area contributed by atoms with Gasteiger partial charge in [-0.3, -0.25) is 0 Å². The SMILES string of the molecule is COc1ncc(-c2ccnc(N)c2)cn1. The van der Waals surface area contributed by atoms with Crippen LogP contribution in [0.2, 0.25) is 0 Å². The van der Waals surface area contributed by atoms with Crippen molar-refractivity contribution in [2.45, 2.75) is 0 Å². The van der Waals surface area contributed by atoms with Crippen molar-refractivity contribution in [3.8, 4) is 17.1 Å². The molecule has 15 heavy (non-hydrogen) atoms. The first kappa shape index (κ1) is 9.39. The third-order valence-electron chi connectivity index (χ3n) is 1.93. The van der Waals surface area contributed by atoms with Gasteiger partial charge in [0.2, 0.25) is 0 Å². The predicted molar refractivity (Wildman–Crippen MR) is 56.2 cm³/mol. The van der Waals surface area contributed by atoms with Crippen LogP contribution < -0.4 is 10.5 Å². The standard InChI is InChI=1S/C10H10N4O/c1-15-10-13-5-8(6-14-10)7-2-3-12-9(11)4-7/h2-6H,1H3,(H2,11,12). The summed E-state index contributed by atoms with van der Waals surface area (Å²) in [5.74, 6) is 0.475. The maximum Gasteiger partial charge on any atom is 0.316 e. The summed E-state index contributed by atoms with van der Waals surface area (Å²) in [7, 11) is 1.53. The van der Waals surface area contributed by atoms with Crippen molar-refractivity contribution in [3.63, 3.8) is 0 Å². The van der Waals surface area contributed by atoms with Crippen molar-refractivity contribution >= 4 is 5.82 Å². The van der Waals surface area contributed by atoms with Crippen LogP contribution in [0.3, 0.4) is 0 Å². The minimum atomic E-state index is 0.348. The van der Waals surface area contributed by atoms with E-state index in [1.165, 1.54) is 7.11 Å². The highest BCUT2D eigenvalue weighted by molar-refractivity contribution is 5.63. The molecular weight excluding hydrogens is 192 g/mol. The Morgan fingerprint density at radius 2 is 1.87 bits per heavy atom. The first-order chi connectivity index (χ1) is 7.29. The molecule has 76 valence electrons. The van der Waals surface area contributed by atoms with Crippen LogP contribution >= 0.6 is 0 Å². The van der Waals surface area contributed by atoms with Crippen LogP contribution in [0.4, 0.5) is 5.82 Å². The number of ether oxygens (including phenoxy) is 1. The summed E-state index contributed by atoms with van der Waals surface area (Å²) in [6.07, 6.45) is 5.01. The quantitative estimate of drug-likeness (QED) is 0.790. The molecule has 0 atom stereocenters. The normalized spacial score (nSPS) is 9.93. The fraction of sp³-hybridized carbons (Fsp3) is 0.100. The molecule has 2 heterocycles. The molecule has 2 aromatic rings. The van der Waals surface area contributed by atoms with Crippen LogP contribution in [0.1, 0.15) is 0 Å². The maximum atomic E-state index is 5.58. The first-order valence-corrected chi connectivity index (χ1v) is 4.37. The van der Waals surface area contributed by atoms with Crippen molar-refractivity contribution < 1.29 is 4.74 Å². The Morgan fingerprint density at radius 1 is 1.13 bits per heavy atom. The molecule has 0 bridgehead atoms. The van der Waals surface area contributed by atoms with Crippen LogP contribution in [0, 0.1) is 0 Å². The summed E-state index contributed by atoms with van der Waals surface area (Å²) in [4.78, 5) is 11.9. The van der Waals surface area contributed by atoms with Gasteiger partial charge in [-0.2, -0.15) is 0 Å². The number of nitrogens with two attached hydrogens (primary N) is 1. The topological polar surface area (TPSA) is 73.9 Å². The van der Waals surface area contributed by atoms with E-state index in [0.717, 1.165) is 11.1 Å². The molecule has 0 aliphatic carbocycles. The summed E-state index contributed by atoms with van der Waals surface area (Å²) < 4.78 is 4.87. The highest BCUT2D eigenvalue weighted by Crippen LogP contribution is 2.19. The van der Waals surface area contributed by atoms with Crippen LogP contribution in [0.15, 0.2) is 30.7 Å². The lowest BCUT2D eigenvalue weighted by Gasteiger charge is -2.02. The molecule has 0 radical (unpaired) electrons. The second kappa shape index (κ2) is 3.91. The minimum absolute atomic E-state index is 0.348. The number of nitrogen functional groups attached to an aromatic ring is 1. The minimum Gasteiger partial charge on any atom is -0.467 e. The third kappa shape index (κ3) is 2.01. The smallest absolute Gasteiger partial charge is 0.316 e. The molecule has 2 N–H and O–H groups in total. The van der Waals surface area contributed by atoms with Crippen molar-refractivity contribution in [3.05, 3.63) is 30.7 Å². The maximum absolute atomic E-state index is 5.58. The predicted octanol–water partition coefficient (Wildman–Crippen LogP) is 1.13. The van der Waals surface area contributed by atoms with E-state index in [1.807, 2.05) is 6.07 Å². The molecule has 0 spiro atoms. The van der Waals surface area contributed by atoms with E-state index in [0.29, 0.717) is 11.8 Å². The van der Waals surface area contributed by atoms with Crippen molar-refractivity contribution in [1.82, 2.24) is 15.0 Å². The average molecular weight is 202 g/mol. The number of methoxy groups -OCH3 is 1. The number of hydrogen-bond acceptors (Lipinski definition) is 5. The molecule has 0 unspecified atom stereocenters. The molecule has 0 aliphatic rings. The Kier molecular flexibility index (Phi) is 2.45. The zero-order chi connectivity index (χ0) is 10.7. The molecule has 0 saturated heterocycles. The monoisotopic (exact) mass is 202 g/mol. The summed E-state index contributed by atoms with van der Waals surface area (Å²) in [5.41, 5.74) is 7.39. The molecule has 0 aromatic carbocycles. The largest absolute Gasteiger partial charge is 0.467 e. The summed E-state index contributed by atoms with van der Waals surface area (Å²) >= 11 is 0. The van der Waals surface area contributed by atoms with Crippen LogP contribution in [-0.2, 0) is 0 Å². The van der Waals surface area contributed by atoms with Crippen LogP contribution in [-0.4, -0.2) is 22.1 Å². The van der Waals surface area contributed by atoms with Crippen molar-refractivity contribution in [1.29, 1.82) is 0 Å². The zero-order valence-electron chi connectivity index (χ0n) is 8.21. The average Bonchev–Trinajstić information content (AvgIpc) is 2.29. The fourth-order valence-corrected chi connectivity index (χ4v) is 1.20. The molecule has 0 fully saturated rings. The highest BCUT2D eigenvalue weighted by Gasteiger charge is 2.00. The van der Waals surface area contributed by atoms with Crippen LogP contribution in [0.5, 0.6) is 6.01 Å². The first-order valence-electron chi connectivity index (χ1n) is 4.37. The zero-order valence-corrected chi connectivity index (χ0v) is 8.21. The molecule has 0 saturated carbocycles. The molecule has 0 amide bonds. The lowest BCUT2D eigenvalue weighted by Crippen LogP contribution is -1.93. The van der Waals surface area contributed by atoms with E-state index >= 15 is 0 Å². The number of rotatable bonds is 2. The molecule has 2 aromatic heterocycles. The van der Waals surface area contributed by atoms with Gasteiger partial charge in [0, 0.05) is 24.2 Å². The van der Waals surface area contributed by atoms with E-state index in [-0.39, 0.29) is 0 Å². The van der Waals surface area contributed by atoms with E-state index in [9.17, 15) is 0 Å². The van der Waals surface area contributed by atoms with Gasteiger partial charge < -0.3 is 10.5 Å². The van der Waals surface area contributed by atoms with E-state index in [2.05, 4.69) is 15.0 Å². The summed E-state index contributed by atoms with van der Waals surface area (Å²) in [6, 6.07) is 3.97. The van der Waals surface area contributed by atoms with Gasteiger partial charge in [0.1, 0.15) is 5.82 Å². The number of pyridine rings is 1. The highest BCUT2D eigenvalue weighted by atomic mass is 16.5. The Balaban J connectivity index is 2.37. The van der Waals surface area contributed by atoms with Gasteiger partial charge in [0.05, 0.1) is 7.11 Å². The Bertz CT molecular complexity index is 455. The lowest BCUT2D eigenvalue weighted by atomic mass is 10.1. The van der Waals surface area contributed by atoms with E-state index < -0.39 is 0 Å². The molecule has 5 nitrogen and oxygen atoms in total. The third-order valence-corrected chi connectivity index (χ3v) is 1.93. The van der Waals surface area contributed by atoms with Gasteiger partial charge in [0.25, 0.3) is 0 Å². The molecule has 0 aliphatic heterocycles. The number of anilines is 1. The second-order valence-electron chi connectivity index (χ2n) is 2.93. The fourth-order valence-electron chi connectivity index (χ4n) is 1.20. The molecule has 2 rings (SSSR count). The lowest BCUT2D eigenvalue weighted by molar-refractivity contribution is 0.380. The number of aromatic nitrogens is 3. The molecule has 5 heteroatoms.